The molecule has 0 aromatic heterocycles. The lowest BCUT2D eigenvalue weighted by molar-refractivity contribution is -0.134. The monoisotopic (exact) mass is 494 g/mol. The molecule has 3 amide bonds. The van der Waals surface area contributed by atoms with Crippen LogP contribution in [0.2, 0.25) is 0 Å². The van der Waals surface area contributed by atoms with Crippen molar-refractivity contribution in [2.45, 2.75) is 37.2 Å². The molecule has 0 aliphatic carbocycles. The maximum Gasteiger partial charge on any atom is 0.315 e. The SMILES string of the molecule is CCCC(NC(=O)NCc1ccc(F)cc1)C(=O)N1CCN(S(=O)(=O)c2cccc(F)c2)CC1. The van der Waals surface area contributed by atoms with E-state index in [1.54, 1.807) is 12.1 Å². The Morgan fingerprint density at radius 1 is 1.00 bits per heavy atom. The van der Waals surface area contributed by atoms with Gasteiger partial charge in [0.2, 0.25) is 15.9 Å². The van der Waals surface area contributed by atoms with Crippen LogP contribution in [-0.4, -0.2) is 61.8 Å². The van der Waals surface area contributed by atoms with Crippen molar-refractivity contribution >= 4 is 22.0 Å². The lowest BCUT2D eigenvalue weighted by atomic mass is 10.1. The second-order valence-electron chi connectivity index (χ2n) is 7.98. The number of halogens is 2. The molecular weight excluding hydrogens is 466 g/mol. The summed E-state index contributed by atoms with van der Waals surface area (Å²) in [5, 5.41) is 5.33. The van der Waals surface area contributed by atoms with Crippen LogP contribution < -0.4 is 10.6 Å². The number of carbonyl (C=O) groups is 2. The van der Waals surface area contributed by atoms with E-state index in [2.05, 4.69) is 10.6 Å². The maximum atomic E-state index is 13.5. The van der Waals surface area contributed by atoms with Crippen LogP contribution in [0.3, 0.4) is 0 Å². The van der Waals surface area contributed by atoms with Crippen LogP contribution in [0.5, 0.6) is 0 Å². The Morgan fingerprint density at radius 3 is 2.29 bits per heavy atom. The van der Waals surface area contributed by atoms with Crippen molar-refractivity contribution in [2.75, 3.05) is 26.2 Å². The van der Waals surface area contributed by atoms with Gasteiger partial charge in [0, 0.05) is 32.7 Å². The lowest BCUT2D eigenvalue weighted by Gasteiger charge is -2.36. The number of rotatable bonds is 8. The molecule has 1 heterocycles. The molecule has 2 aromatic carbocycles. The molecule has 0 saturated carbocycles. The van der Waals surface area contributed by atoms with E-state index in [1.807, 2.05) is 6.92 Å². The molecule has 0 spiro atoms. The van der Waals surface area contributed by atoms with Crippen molar-refractivity contribution in [3.63, 3.8) is 0 Å². The predicted octanol–water partition coefficient (Wildman–Crippen LogP) is 2.47. The Bertz CT molecular complexity index is 1100. The molecule has 11 heteroatoms. The normalized spacial score (nSPS) is 15.6. The summed E-state index contributed by atoms with van der Waals surface area (Å²) in [6.45, 7) is 2.52. The zero-order valence-corrected chi connectivity index (χ0v) is 19.7. The van der Waals surface area contributed by atoms with Gasteiger partial charge in [0.1, 0.15) is 17.7 Å². The first kappa shape index (κ1) is 25.6. The summed E-state index contributed by atoms with van der Waals surface area (Å²) in [6, 6.07) is 9.24. The van der Waals surface area contributed by atoms with E-state index >= 15 is 0 Å². The summed E-state index contributed by atoms with van der Waals surface area (Å²) in [5.41, 5.74) is 0.713. The van der Waals surface area contributed by atoms with E-state index in [0.717, 1.165) is 6.07 Å². The number of nitrogens with one attached hydrogen (secondary N) is 2. The van der Waals surface area contributed by atoms with Gasteiger partial charge < -0.3 is 15.5 Å². The van der Waals surface area contributed by atoms with E-state index < -0.39 is 27.9 Å². The first-order valence-corrected chi connectivity index (χ1v) is 12.5. The van der Waals surface area contributed by atoms with Crippen molar-refractivity contribution in [2.24, 2.45) is 0 Å². The highest BCUT2D eigenvalue weighted by molar-refractivity contribution is 7.89. The lowest BCUT2D eigenvalue weighted by Crippen LogP contribution is -2.56. The molecule has 34 heavy (non-hydrogen) atoms. The molecule has 2 aromatic rings. The number of hydrogen-bond acceptors (Lipinski definition) is 4. The topological polar surface area (TPSA) is 98.8 Å². The van der Waals surface area contributed by atoms with E-state index in [4.69, 9.17) is 0 Å². The molecule has 1 aliphatic heterocycles. The van der Waals surface area contributed by atoms with Crippen molar-refractivity contribution < 1.29 is 26.8 Å². The van der Waals surface area contributed by atoms with Gasteiger partial charge >= 0.3 is 6.03 Å². The quantitative estimate of drug-likeness (QED) is 0.589. The Morgan fingerprint density at radius 2 is 1.68 bits per heavy atom. The Labute approximate surface area is 198 Å². The fourth-order valence-electron chi connectivity index (χ4n) is 3.69. The number of amides is 3. The van der Waals surface area contributed by atoms with Crippen LogP contribution in [0.15, 0.2) is 53.4 Å². The zero-order valence-electron chi connectivity index (χ0n) is 18.8. The number of carbonyl (C=O) groups excluding carboxylic acids is 2. The number of benzene rings is 2. The zero-order chi connectivity index (χ0) is 24.7. The first-order valence-electron chi connectivity index (χ1n) is 11.0. The van der Waals surface area contributed by atoms with Crippen molar-refractivity contribution in [3.8, 4) is 0 Å². The smallest absolute Gasteiger partial charge is 0.315 e. The molecule has 3 rings (SSSR count). The summed E-state index contributed by atoms with van der Waals surface area (Å²) >= 11 is 0. The number of sulfonamides is 1. The fourth-order valence-corrected chi connectivity index (χ4v) is 5.14. The molecule has 0 bridgehead atoms. The molecule has 1 unspecified atom stereocenters. The standard InChI is InChI=1S/C23H28F2N4O4S/c1-2-4-21(27-23(31)26-16-17-7-9-18(24)10-8-17)22(30)28-11-13-29(14-12-28)34(32,33)20-6-3-5-19(25)15-20/h3,5-10,15,21H,2,4,11-14,16H2,1H3,(H2,26,27,31). The van der Waals surface area contributed by atoms with Gasteiger partial charge in [-0.15, -0.1) is 0 Å². The third-order valence-corrected chi connectivity index (χ3v) is 7.43. The molecule has 0 radical (unpaired) electrons. The van der Waals surface area contributed by atoms with Gasteiger partial charge in [-0.05, 0) is 42.3 Å². The van der Waals surface area contributed by atoms with Crippen LogP contribution in [-0.2, 0) is 21.4 Å². The first-order chi connectivity index (χ1) is 16.2. The fraction of sp³-hybridized carbons (Fsp3) is 0.391. The van der Waals surface area contributed by atoms with Gasteiger partial charge in [-0.3, -0.25) is 4.79 Å². The third-order valence-electron chi connectivity index (χ3n) is 5.53. The van der Waals surface area contributed by atoms with Crippen LogP contribution in [0.1, 0.15) is 25.3 Å². The number of piperazine rings is 1. The second kappa shape index (κ2) is 11.4. The highest BCUT2D eigenvalue weighted by atomic mass is 32.2. The van der Waals surface area contributed by atoms with Crippen LogP contribution >= 0.6 is 0 Å². The minimum absolute atomic E-state index is 0.0696. The molecular formula is C23H28F2N4O4S. The Kier molecular flexibility index (Phi) is 8.56. The highest BCUT2D eigenvalue weighted by Gasteiger charge is 2.33. The molecule has 1 saturated heterocycles. The Hall–Kier alpha value is -3.05. The summed E-state index contributed by atoms with van der Waals surface area (Å²) in [7, 11) is -3.87. The predicted molar refractivity (Wildman–Crippen MR) is 122 cm³/mol. The molecule has 184 valence electrons. The minimum atomic E-state index is -3.87. The van der Waals surface area contributed by atoms with Gasteiger partial charge in [0.25, 0.3) is 0 Å². The summed E-state index contributed by atoms with van der Waals surface area (Å²) in [6.07, 6.45) is 1.08. The van der Waals surface area contributed by atoms with E-state index in [1.165, 1.54) is 39.5 Å². The summed E-state index contributed by atoms with van der Waals surface area (Å²) in [4.78, 5) is 26.8. The summed E-state index contributed by atoms with van der Waals surface area (Å²) in [5.74, 6) is -1.30. The van der Waals surface area contributed by atoms with Crippen LogP contribution in [0.4, 0.5) is 13.6 Å². The largest absolute Gasteiger partial charge is 0.338 e. The number of nitrogens with zero attached hydrogens (tertiary/aromatic N) is 2. The minimum Gasteiger partial charge on any atom is -0.338 e. The second-order valence-corrected chi connectivity index (χ2v) is 9.92. The van der Waals surface area contributed by atoms with Crippen molar-refractivity contribution in [3.05, 3.63) is 65.7 Å². The van der Waals surface area contributed by atoms with Crippen LogP contribution in [0.25, 0.3) is 0 Å². The molecule has 8 nitrogen and oxygen atoms in total. The van der Waals surface area contributed by atoms with E-state index in [9.17, 15) is 26.8 Å². The number of urea groups is 1. The molecule has 1 aliphatic rings. The molecule has 2 N–H and O–H groups in total. The van der Waals surface area contributed by atoms with E-state index in [-0.39, 0.29) is 49.3 Å². The van der Waals surface area contributed by atoms with Gasteiger partial charge in [0.15, 0.2) is 0 Å². The molecule has 1 atom stereocenters. The average molecular weight is 495 g/mol. The third kappa shape index (κ3) is 6.51. The van der Waals surface area contributed by atoms with Gasteiger partial charge in [-0.25, -0.2) is 22.0 Å². The van der Waals surface area contributed by atoms with Gasteiger partial charge in [-0.2, -0.15) is 4.31 Å². The van der Waals surface area contributed by atoms with E-state index in [0.29, 0.717) is 18.4 Å². The van der Waals surface area contributed by atoms with Gasteiger partial charge in [0.05, 0.1) is 4.90 Å². The van der Waals surface area contributed by atoms with Crippen molar-refractivity contribution in [1.29, 1.82) is 0 Å². The van der Waals surface area contributed by atoms with Gasteiger partial charge in [-0.1, -0.05) is 31.5 Å². The number of hydrogen-bond donors (Lipinski definition) is 2. The average Bonchev–Trinajstić information content (AvgIpc) is 2.83. The Balaban J connectivity index is 1.55. The maximum absolute atomic E-state index is 13.5. The van der Waals surface area contributed by atoms with Crippen LogP contribution in [0, 0.1) is 11.6 Å². The summed E-state index contributed by atoms with van der Waals surface area (Å²) < 4.78 is 53.3. The molecule has 1 fully saturated rings. The van der Waals surface area contributed by atoms with Crippen molar-refractivity contribution in [1.82, 2.24) is 19.8 Å². The highest BCUT2D eigenvalue weighted by Crippen LogP contribution is 2.19.